The van der Waals surface area contributed by atoms with Crippen LogP contribution in [0.1, 0.15) is 50.2 Å². The number of nitrogens with zero attached hydrogens (tertiary/aromatic N) is 2. The first-order valence-electron chi connectivity index (χ1n) is 13.8. The molecule has 1 fully saturated rings. The van der Waals surface area contributed by atoms with Crippen LogP contribution >= 0.6 is 0 Å². The molecule has 1 N–H and O–H groups in total. The molecule has 4 rings (SSSR count). The van der Waals surface area contributed by atoms with Crippen molar-refractivity contribution >= 4 is 16.0 Å². The Kier molecular flexibility index (Phi) is 10.0. The summed E-state index contributed by atoms with van der Waals surface area (Å²) < 4.78 is 36.1. The lowest BCUT2D eigenvalue weighted by atomic mass is 9.87. The molecule has 1 atom stereocenters. The standard InChI is InChI=1S/C29H41N3O5S/c1-3-17-31(18-4-5-19-32-20-16-30-15-14-29(32)33)25-8-6-24-22-27(9-7-23(24)21-25)37-38(34,35)28-12-10-26(36-2)11-13-28/h7,9-13,22,25,30H,3-6,8,14-21H2,1-2H3. The number of unbranched alkanes of at least 4 members (excludes halogenated alkanes) is 1. The maximum atomic E-state index is 12.7. The first-order chi connectivity index (χ1) is 18.4. The monoisotopic (exact) mass is 543 g/mol. The van der Waals surface area contributed by atoms with Crippen molar-refractivity contribution < 1.29 is 22.1 Å². The Morgan fingerprint density at radius 2 is 1.79 bits per heavy atom. The summed E-state index contributed by atoms with van der Waals surface area (Å²) in [6, 6.07) is 12.3. The van der Waals surface area contributed by atoms with Crippen LogP contribution in [0.3, 0.4) is 0 Å². The molecule has 1 heterocycles. The second-order valence-electron chi connectivity index (χ2n) is 10.2. The van der Waals surface area contributed by atoms with Gasteiger partial charge >= 0.3 is 10.1 Å². The quantitative estimate of drug-likeness (QED) is 0.323. The number of carbonyl (C=O) groups is 1. The minimum absolute atomic E-state index is 0.100. The largest absolute Gasteiger partial charge is 0.497 e. The van der Waals surface area contributed by atoms with Crippen LogP contribution in [0.5, 0.6) is 11.5 Å². The van der Waals surface area contributed by atoms with E-state index in [9.17, 15) is 13.2 Å². The van der Waals surface area contributed by atoms with Crippen molar-refractivity contribution in [2.24, 2.45) is 0 Å². The van der Waals surface area contributed by atoms with Gasteiger partial charge in [-0.2, -0.15) is 8.42 Å². The minimum Gasteiger partial charge on any atom is -0.497 e. The van der Waals surface area contributed by atoms with E-state index in [1.807, 2.05) is 17.0 Å². The Hall–Kier alpha value is -2.62. The highest BCUT2D eigenvalue weighted by Gasteiger charge is 2.25. The van der Waals surface area contributed by atoms with E-state index in [0.29, 0.717) is 24.0 Å². The Morgan fingerprint density at radius 3 is 2.55 bits per heavy atom. The zero-order chi connectivity index (χ0) is 27.0. The summed E-state index contributed by atoms with van der Waals surface area (Å²) in [5, 5.41) is 3.30. The van der Waals surface area contributed by atoms with E-state index < -0.39 is 10.1 Å². The van der Waals surface area contributed by atoms with Gasteiger partial charge in [-0.25, -0.2) is 0 Å². The van der Waals surface area contributed by atoms with Gasteiger partial charge in [0.2, 0.25) is 5.91 Å². The number of rotatable bonds is 12. The van der Waals surface area contributed by atoms with E-state index in [0.717, 1.165) is 83.4 Å². The normalized spacial score (nSPS) is 18.2. The number of carbonyl (C=O) groups excluding carboxylic acids is 1. The molecule has 1 unspecified atom stereocenters. The van der Waals surface area contributed by atoms with Crippen LogP contribution in [0, 0.1) is 0 Å². The van der Waals surface area contributed by atoms with E-state index in [4.69, 9.17) is 8.92 Å². The van der Waals surface area contributed by atoms with Crippen LogP contribution in [0.4, 0.5) is 0 Å². The van der Waals surface area contributed by atoms with Gasteiger partial charge in [-0.1, -0.05) is 13.0 Å². The second kappa shape index (κ2) is 13.4. The highest BCUT2D eigenvalue weighted by molar-refractivity contribution is 7.87. The van der Waals surface area contributed by atoms with Crippen molar-refractivity contribution in [2.75, 3.05) is 46.4 Å². The van der Waals surface area contributed by atoms with Crippen LogP contribution in [0.2, 0.25) is 0 Å². The lowest BCUT2D eigenvalue weighted by molar-refractivity contribution is -0.130. The summed E-state index contributed by atoms with van der Waals surface area (Å²) in [4.78, 5) is 16.9. The van der Waals surface area contributed by atoms with E-state index in [1.165, 1.54) is 24.8 Å². The van der Waals surface area contributed by atoms with E-state index in [1.54, 1.807) is 18.2 Å². The molecular weight excluding hydrogens is 502 g/mol. The molecule has 1 amide bonds. The molecule has 1 aliphatic heterocycles. The summed E-state index contributed by atoms with van der Waals surface area (Å²) in [7, 11) is -2.38. The number of amides is 1. The van der Waals surface area contributed by atoms with Crippen molar-refractivity contribution in [3.8, 4) is 11.5 Å². The van der Waals surface area contributed by atoms with Crippen molar-refractivity contribution in [3.05, 3.63) is 53.6 Å². The Morgan fingerprint density at radius 1 is 1.00 bits per heavy atom. The molecule has 0 aromatic heterocycles. The van der Waals surface area contributed by atoms with Crippen LogP contribution < -0.4 is 14.2 Å². The molecule has 208 valence electrons. The first-order valence-corrected chi connectivity index (χ1v) is 15.2. The average Bonchev–Trinajstić information content (AvgIpc) is 3.13. The van der Waals surface area contributed by atoms with Gasteiger partial charge in [0, 0.05) is 38.6 Å². The Labute approximate surface area is 227 Å². The highest BCUT2D eigenvalue weighted by Crippen LogP contribution is 2.30. The SMILES string of the molecule is CCCN(CCCCN1CCNCCC1=O)C1CCc2cc(OS(=O)(=O)c3ccc(OC)cc3)ccc2C1. The number of ether oxygens (including phenoxy) is 1. The maximum Gasteiger partial charge on any atom is 0.339 e. The van der Waals surface area contributed by atoms with Gasteiger partial charge in [-0.15, -0.1) is 0 Å². The second-order valence-corrected chi connectivity index (χ2v) is 11.7. The van der Waals surface area contributed by atoms with Gasteiger partial charge in [0.1, 0.15) is 16.4 Å². The van der Waals surface area contributed by atoms with Crippen LogP contribution in [0.15, 0.2) is 47.4 Å². The molecule has 8 nitrogen and oxygen atoms in total. The van der Waals surface area contributed by atoms with Crippen molar-refractivity contribution in [1.29, 1.82) is 0 Å². The number of benzene rings is 2. The molecule has 2 aromatic rings. The van der Waals surface area contributed by atoms with E-state index in [2.05, 4.69) is 17.1 Å². The molecule has 2 aliphatic rings. The van der Waals surface area contributed by atoms with Crippen LogP contribution in [-0.2, 0) is 27.8 Å². The number of aryl methyl sites for hydroxylation is 1. The average molecular weight is 544 g/mol. The third kappa shape index (κ3) is 7.48. The van der Waals surface area contributed by atoms with Crippen molar-refractivity contribution in [3.63, 3.8) is 0 Å². The molecule has 9 heteroatoms. The summed E-state index contributed by atoms with van der Waals surface area (Å²) in [6.45, 7) is 7.65. The summed E-state index contributed by atoms with van der Waals surface area (Å²) in [6.07, 6.45) is 6.71. The van der Waals surface area contributed by atoms with E-state index in [-0.39, 0.29) is 10.8 Å². The predicted octanol–water partition coefficient (Wildman–Crippen LogP) is 3.63. The summed E-state index contributed by atoms with van der Waals surface area (Å²) in [5.41, 5.74) is 2.42. The number of fused-ring (bicyclic) bond motifs is 1. The predicted molar refractivity (Wildman–Crippen MR) is 148 cm³/mol. The number of hydrogen-bond donors (Lipinski definition) is 1. The van der Waals surface area contributed by atoms with Crippen molar-refractivity contribution in [1.82, 2.24) is 15.1 Å². The topological polar surface area (TPSA) is 88.2 Å². The fraction of sp³-hybridized carbons (Fsp3) is 0.552. The third-order valence-electron chi connectivity index (χ3n) is 7.51. The number of hydrogen-bond acceptors (Lipinski definition) is 7. The molecule has 0 spiro atoms. The zero-order valence-corrected chi connectivity index (χ0v) is 23.5. The maximum absolute atomic E-state index is 12.7. The molecule has 2 aromatic carbocycles. The first kappa shape index (κ1) is 28.4. The smallest absolute Gasteiger partial charge is 0.339 e. The molecule has 38 heavy (non-hydrogen) atoms. The fourth-order valence-electron chi connectivity index (χ4n) is 5.43. The van der Waals surface area contributed by atoms with Gasteiger partial charge in [-0.3, -0.25) is 4.79 Å². The third-order valence-corrected chi connectivity index (χ3v) is 8.77. The Bertz CT molecular complexity index is 1170. The fourth-order valence-corrected chi connectivity index (χ4v) is 6.35. The molecule has 0 saturated carbocycles. The highest BCUT2D eigenvalue weighted by atomic mass is 32.2. The van der Waals surface area contributed by atoms with Crippen LogP contribution in [0.25, 0.3) is 0 Å². The lowest BCUT2D eigenvalue weighted by Gasteiger charge is -2.35. The molecule has 0 bridgehead atoms. The van der Waals surface area contributed by atoms with Gasteiger partial charge in [0.15, 0.2) is 0 Å². The summed E-state index contributed by atoms with van der Waals surface area (Å²) >= 11 is 0. The Balaban J connectivity index is 1.32. The van der Waals surface area contributed by atoms with Gasteiger partial charge < -0.3 is 24.0 Å². The lowest BCUT2D eigenvalue weighted by Crippen LogP contribution is -2.41. The van der Waals surface area contributed by atoms with Crippen molar-refractivity contribution in [2.45, 2.75) is 62.8 Å². The molecule has 1 aliphatic carbocycles. The number of methoxy groups -OCH3 is 1. The molecule has 1 saturated heterocycles. The minimum atomic E-state index is -3.91. The van der Waals surface area contributed by atoms with E-state index >= 15 is 0 Å². The van der Waals surface area contributed by atoms with Gasteiger partial charge in [0.25, 0.3) is 0 Å². The summed E-state index contributed by atoms with van der Waals surface area (Å²) in [5.74, 6) is 1.21. The van der Waals surface area contributed by atoms with Gasteiger partial charge in [-0.05, 0) is 99.1 Å². The number of nitrogens with one attached hydrogen (secondary N) is 1. The molecular formula is C29H41N3O5S. The zero-order valence-electron chi connectivity index (χ0n) is 22.7. The van der Waals surface area contributed by atoms with Gasteiger partial charge in [0.05, 0.1) is 7.11 Å². The molecule has 0 radical (unpaired) electrons. The van der Waals surface area contributed by atoms with Crippen LogP contribution in [-0.4, -0.2) is 76.5 Å².